The highest BCUT2D eigenvalue weighted by Gasteiger charge is 2.17. The molecule has 33 heavy (non-hydrogen) atoms. The lowest BCUT2D eigenvalue weighted by molar-refractivity contribution is -0.117. The first-order valence-electron chi connectivity index (χ1n) is 12.6. The monoisotopic (exact) mass is 453 g/mol. The van der Waals surface area contributed by atoms with Crippen molar-refractivity contribution in [2.45, 2.75) is 96.4 Å². The number of amides is 1. The Morgan fingerprint density at radius 2 is 1.64 bits per heavy atom. The molecule has 0 aromatic heterocycles. The molecule has 6 heteroatoms. The third-order valence-corrected chi connectivity index (χ3v) is 6.06. The Labute approximate surface area is 198 Å². The van der Waals surface area contributed by atoms with Crippen LogP contribution in [0.4, 0.5) is 5.69 Å². The number of rotatable bonds is 8. The molecule has 1 aromatic carbocycles. The van der Waals surface area contributed by atoms with Gasteiger partial charge in [0.2, 0.25) is 0 Å². The first-order valence-corrected chi connectivity index (χ1v) is 12.6. The molecule has 1 fully saturated rings. The van der Waals surface area contributed by atoms with E-state index in [0.717, 1.165) is 38.5 Å². The number of unbranched alkanes of at least 4 members (excludes halogenated alkanes) is 1. The van der Waals surface area contributed by atoms with Crippen LogP contribution in [0.5, 0.6) is 0 Å². The lowest BCUT2D eigenvalue weighted by Crippen LogP contribution is -2.35. The fraction of sp³-hybridized carbons (Fsp3) is 0.593. The van der Waals surface area contributed by atoms with E-state index in [4.69, 9.17) is 4.74 Å². The maximum atomic E-state index is 12.8. The first kappa shape index (κ1) is 26.4. The molecule has 1 aromatic rings. The zero-order valence-corrected chi connectivity index (χ0v) is 20.0. The molecule has 2 N–H and O–H groups in total. The molecule has 0 unspecified atom stereocenters. The van der Waals surface area contributed by atoms with E-state index >= 15 is 0 Å². The smallest absolute Gasteiger partial charge is 0.340 e. The van der Waals surface area contributed by atoms with Gasteiger partial charge in [-0.3, -0.25) is 4.79 Å². The molecule has 6 nitrogen and oxygen atoms in total. The van der Waals surface area contributed by atoms with Crippen LogP contribution in [0.2, 0.25) is 0 Å². The van der Waals surface area contributed by atoms with Crippen molar-refractivity contribution in [1.82, 2.24) is 5.32 Å². The summed E-state index contributed by atoms with van der Waals surface area (Å²) in [5, 5.41) is 15.6. The van der Waals surface area contributed by atoms with Gasteiger partial charge in [0.15, 0.2) is 0 Å². The third-order valence-electron chi connectivity index (χ3n) is 6.06. The van der Waals surface area contributed by atoms with Crippen LogP contribution < -0.4 is 10.6 Å². The van der Waals surface area contributed by atoms with Crippen LogP contribution in [0.15, 0.2) is 36.0 Å². The molecule has 0 heterocycles. The Balaban J connectivity index is 1.99. The number of para-hydroxylation sites is 1. The summed E-state index contributed by atoms with van der Waals surface area (Å²) in [6.07, 6.45) is 16.1. The lowest BCUT2D eigenvalue weighted by atomic mass is 9.98. The van der Waals surface area contributed by atoms with E-state index in [2.05, 4.69) is 10.6 Å². The maximum absolute atomic E-state index is 12.8. The summed E-state index contributed by atoms with van der Waals surface area (Å²) in [5.74, 6) is -0.791. The fourth-order valence-electron chi connectivity index (χ4n) is 4.04. The molecule has 1 saturated carbocycles. The van der Waals surface area contributed by atoms with E-state index < -0.39 is 5.97 Å². The Morgan fingerprint density at radius 1 is 1.03 bits per heavy atom. The average Bonchev–Trinajstić information content (AvgIpc) is 2.81. The van der Waals surface area contributed by atoms with Gasteiger partial charge in [-0.15, -0.1) is 0 Å². The number of anilines is 1. The largest absolute Gasteiger partial charge is 0.462 e. The summed E-state index contributed by atoms with van der Waals surface area (Å²) < 4.78 is 5.30. The Morgan fingerprint density at radius 3 is 2.24 bits per heavy atom. The topological polar surface area (TPSA) is 91.2 Å². The summed E-state index contributed by atoms with van der Waals surface area (Å²) in [4.78, 5) is 25.2. The van der Waals surface area contributed by atoms with E-state index in [1.54, 1.807) is 24.3 Å². The summed E-state index contributed by atoms with van der Waals surface area (Å²) >= 11 is 0. The van der Waals surface area contributed by atoms with Crippen molar-refractivity contribution >= 4 is 17.6 Å². The number of nitrogens with one attached hydrogen (secondary N) is 2. The van der Waals surface area contributed by atoms with Crippen LogP contribution >= 0.6 is 0 Å². The standard InChI is InChI=1S/C27H39N3O3/c1-2-3-19-33-27(32)24-17-13-14-18-25(24)29-21-22(20-28)26(31)30-23-15-11-9-7-5-4-6-8-10-12-16-23/h13-14,17-18,21,23,29H,2-12,15-16,19H2,1H3,(H,30,31)/b22-21-. The van der Waals surface area contributed by atoms with Crippen molar-refractivity contribution in [2.75, 3.05) is 11.9 Å². The molecule has 1 aliphatic carbocycles. The van der Waals surface area contributed by atoms with E-state index in [1.165, 1.54) is 51.1 Å². The van der Waals surface area contributed by atoms with E-state index in [0.29, 0.717) is 17.9 Å². The number of ether oxygens (including phenoxy) is 1. The van der Waals surface area contributed by atoms with Gasteiger partial charge in [-0.1, -0.05) is 83.3 Å². The maximum Gasteiger partial charge on any atom is 0.340 e. The van der Waals surface area contributed by atoms with Crippen molar-refractivity contribution in [3.63, 3.8) is 0 Å². The zero-order valence-electron chi connectivity index (χ0n) is 20.0. The van der Waals surface area contributed by atoms with Crippen molar-refractivity contribution < 1.29 is 14.3 Å². The molecule has 0 saturated heterocycles. The molecular weight excluding hydrogens is 414 g/mol. The number of esters is 1. The molecule has 0 bridgehead atoms. The highest BCUT2D eigenvalue weighted by atomic mass is 16.5. The van der Waals surface area contributed by atoms with Crippen LogP contribution in [-0.4, -0.2) is 24.5 Å². The molecule has 0 atom stereocenters. The van der Waals surface area contributed by atoms with Gasteiger partial charge in [0.1, 0.15) is 11.6 Å². The number of hydrogen-bond donors (Lipinski definition) is 2. The van der Waals surface area contributed by atoms with Crippen LogP contribution in [0.3, 0.4) is 0 Å². The fourth-order valence-corrected chi connectivity index (χ4v) is 4.04. The number of hydrogen-bond acceptors (Lipinski definition) is 5. The summed E-state index contributed by atoms with van der Waals surface area (Å²) in [5.41, 5.74) is 0.877. The third kappa shape index (κ3) is 10.1. The molecule has 1 aliphatic rings. The van der Waals surface area contributed by atoms with Crippen LogP contribution in [-0.2, 0) is 9.53 Å². The number of carbonyl (C=O) groups is 2. The highest BCUT2D eigenvalue weighted by molar-refractivity contribution is 5.99. The second-order valence-electron chi connectivity index (χ2n) is 8.78. The van der Waals surface area contributed by atoms with Gasteiger partial charge in [-0.05, 0) is 31.4 Å². The molecular formula is C27H39N3O3. The minimum Gasteiger partial charge on any atom is -0.462 e. The van der Waals surface area contributed by atoms with Gasteiger partial charge in [0.25, 0.3) is 5.91 Å². The van der Waals surface area contributed by atoms with Gasteiger partial charge < -0.3 is 15.4 Å². The Kier molecular flexibility index (Phi) is 12.7. The summed E-state index contributed by atoms with van der Waals surface area (Å²) in [6, 6.07) is 9.02. The van der Waals surface area contributed by atoms with Gasteiger partial charge in [-0.25, -0.2) is 4.79 Å². The highest BCUT2D eigenvalue weighted by Crippen LogP contribution is 2.19. The zero-order chi connectivity index (χ0) is 23.7. The number of nitriles is 1. The van der Waals surface area contributed by atoms with Crippen molar-refractivity contribution in [3.05, 3.63) is 41.6 Å². The molecule has 0 aliphatic heterocycles. The van der Waals surface area contributed by atoms with Crippen LogP contribution in [0.1, 0.15) is 101 Å². The summed E-state index contributed by atoms with van der Waals surface area (Å²) in [7, 11) is 0. The first-order chi connectivity index (χ1) is 16.2. The minimum atomic E-state index is -0.420. The summed E-state index contributed by atoms with van der Waals surface area (Å²) in [6.45, 7) is 2.40. The normalized spacial score (nSPS) is 16.5. The predicted octanol–water partition coefficient (Wildman–Crippen LogP) is 6.25. The molecule has 2 rings (SSSR count). The van der Waals surface area contributed by atoms with E-state index in [9.17, 15) is 14.9 Å². The van der Waals surface area contributed by atoms with Crippen molar-refractivity contribution in [2.24, 2.45) is 0 Å². The van der Waals surface area contributed by atoms with Crippen LogP contribution in [0, 0.1) is 11.3 Å². The molecule has 0 radical (unpaired) electrons. The van der Waals surface area contributed by atoms with E-state index in [1.807, 2.05) is 13.0 Å². The van der Waals surface area contributed by atoms with Gasteiger partial charge in [0, 0.05) is 12.2 Å². The quantitative estimate of drug-likeness (QED) is 0.210. The SMILES string of the molecule is CCCCOC(=O)c1ccccc1N/C=C(/C#N)C(=O)NC1CCCCCCCCCCC1. The molecule has 1 amide bonds. The Bertz CT molecular complexity index is 801. The van der Waals surface area contributed by atoms with Crippen molar-refractivity contribution in [3.8, 4) is 6.07 Å². The number of carbonyl (C=O) groups excluding carboxylic acids is 2. The second kappa shape index (κ2) is 15.9. The van der Waals surface area contributed by atoms with Gasteiger partial charge in [-0.2, -0.15) is 5.26 Å². The van der Waals surface area contributed by atoms with E-state index in [-0.39, 0.29) is 17.5 Å². The second-order valence-corrected chi connectivity index (χ2v) is 8.78. The van der Waals surface area contributed by atoms with Crippen LogP contribution in [0.25, 0.3) is 0 Å². The average molecular weight is 454 g/mol. The minimum absolute atomic E-state index is 0.00438. The predicted molar refractivity (Wildman–Crippen MR) is 132 cm³/mol. The number of nitrogens with zero attached hydrogens (tertiary/aromatic N) is 1. The Hall–Kier alpha value is -2.81. The molecule has 0 spiro atoms. The number of benzene rings is 1. The van der Waals surface area contributed by atoms with Crippen molar-refractivity contribution in [1.29, 1.82) is 5.26 Å². The molecule has 180 valence electrons. The van der Waals surface area contributed by atoms with Gasteiger partial charge in [0.05, 0.1) is 17.9 Å². The van der Waals surface area contributed by atoms with Gasteiger partial charge >= 0.3 is 5.97 Å². The lowest BCUT2D eigenvalue weighted by Gasteiger charge is -2.19.